The molecule has 0 unspecified atom stereocenters. The third-order valence-electron chi connectivity index (χ3n) is 12.1. The van der Waals surface area contributed by atoms with E-state index in [4.69, 9.17) is 14.2 Å². The van der Waals surface area contributed by atoms with E-state index in [1.54, 1.807) is 0 Å². The summed E-state index contributed by atoms with van der Waals surface area (Å²) >= 11 is 0. The molecule has 0 fully saturated rings. The minimum atomic E-state index is -0.777. The van der Waals surface area contributed by atoms with Crippen LogP contribution in [0, 0.1) is 0 Å². The van der Waals surface area contributed by atoms with Gasteiger partial charge in [0.05, 0.1) is 0 Å². The predicted octanol–water partition coefficient (Wildman–Crippen LogP) is 18.1. The Kier molecular flexibility index (Phi) is 50.3. The molecule has 0 aliphatic carbocycles. The first kappa shape index (κ1) is 60.6. The second kappa shape index (κ2) is 52.3. The zero-order valence-corrected chi connectivity index (χ0v) is 42.1. The van der Waals surface area contributed by atoms with E-state index < -0.39 is 6.10 Å². The van der Waals surface area contributed by atoms with Gasteiger partial charge in [-0.25, -0.2) is 0 Å². The van der Waals surface area contributed by atoms with Crippen molar-refractivity contribution in [3.05, 3.63) is 36.5 Å². The highest BCUT2D eigenvalue weighted by molar-refractivity contribution is 5.71. The SMILES string of the molecule is CCCC/C=C\CCCCCCCC(=O)OC[C@@H](COC(=O)CCCCCCCCC/C=C\CCCCCCCC)OC(=O)CCCCCCCCC/C=C\CCCCCCCC. The Morgan fingerprint density at radius 3 is 0.841 bits per heavy atom. The van der Waals surface area contributed by atoms with Gasteiger partial charge in [0.1, 0.15) is 13.2 Å². The maximum Gasteiger partial charge on any atom is 0.306 e. The van der Waals surface area contributed by atoms with Crippen molar-refractivity contribution in [2.75, 3.05) is 13.2 Å². The van der Waals surface area contributed by atoms with Crippen molar-refractivity contribution in [3.63, 3.8) is 0 Å². The van der Waals surface area contributed by atoms with E-state index in [9.17, 15) is 14.4 Å². The molecule has 0 heterocycles. The van der Waals surface area contributed by atoms with Gasteiger partial charge in [-0.15, -0.1) is 0 Å². The molecule has 0 aliphatic heterocycles. The molecule has 1 atom stereocenters. The Hall–Kier alpha value is -2.37. The van der Waals surface area contributed by atoms with Crippen LogP contribution < -0.4 is 0 Å². The van der Waals surface area contributed by atoms with Gasteiger partial charge in [0.2, 0.25) is 0 Å². The van der Waals surface area contributed by atoms with Crippen LogP contribution in [-0.4, -0.2) is 37.2 Å². The first-order valence-electron chi connectivity index (χ1n) is 27.5. The Morgan fingerprint density at radius 2 is 0.540 bits per heavy atom. The highest BCUT2D eigenvalue weighted by Crippen LogP contribution is 2.15. The zero-order valence-electron chi connectivity index (χ0n) is 42.1. The fourth-order valence-corrected chi connectivity index (χ4v) is 7.88. The summed E-state index contributed by atoms with van der Waals surface area (Å²) in [5.41, 5.74) is 0. The molecule has 6 heteroatoms. The highest BCUT2D eigenvalue weighted by Gasteiger charge is 2.19. The maximum absolute atomic E-state index is 12.8. The fraction of sp³-hybridized carbons (Fsp3) is 0.842. The van der Waals surface area contributed by atoms with Crippen LogP contribution in [0.3, 0.4) is 0 Å². The summed E-state index contributed by atoms with van der Waals surface area (Å²) in [7, 11) is 0. The lowest BCUT2D eigenvalue weighted by Crippen LogP contribution is -2.30. The van der Waals surface area contributed by atoms with Crippen molar-refractivity contribution in [1.29, 1.82) is 0 Å². The van der Waals surface area contributed by atoms with E-state index in [2.05, 4.69) is 57.2 Å². The lowest BCUT2D eigenvalue weighted by Gasteiger charge is -2.18. The average molecular weight is 885 g/mol. The molecule has 0 bridgehead atoms. The van der Waals surface area contributed by atoms with Gasteiger partial charge in [0.15, 0.2) is 6.10 Å². The van der Waals surface area contributed by atoms with Gasteiger partial charge in [-0.2, -0.15) is 0 Å². The molecule has 0 aromatic carbocycles. The van der Waals surface area contributed by atoms with Crippen LogP contribution in [0.15, 0.2) is 36.5 Å². The Morgan fingerprint density at radius 1 is 0.302 bits per heavy atom. The van der Waals surface area contributed by atoms with E-state index in [-0.39, 0.29) is 31.1 Å². The third kappa shape index (κ3) is 50.5. The van der Waals surface area contributed by atoms with Crippen molar-refractivity contribution in [3.8, 4) is 0 Å². The molecule has 0 aliphatic rings. The number of allylic oxidation sites excluding steroid dienone is 6. The lowest BCUT2D eigenvalue weighted by molar-refractivity contribution is -0.167. The summed E-state index contributed by atoms with van der Waals surface area (Å²) < 4.78 is 16.8. The molecule has 0 N–H and O–H groups in total. The molecule has 0 aromatic heterocycles. The summed E-state index contributed by atoms with van der Waals surface area (Å²) in [4.78, 5) is 38.0. The number of esters is 3. The second-order valence-corrected chi connectivity index (χ2v) is 18.5. The fourth-order valence-electron chi connectivity index (χ4n) is 7.88. The van der Waals surface area contributed by atoms with Crippen LogP contribution in [0.4, 0.5) is 0 Å². The number of carbonyl (C=O) groups is 3. The van der Waals surface area contributed by atoms with Gasteiger partial charge in [-0.05, 0) is 89.9 Å². The maximum atomic E-state index is 12.8. The number of ether oxygens (including phenoxy) is 3. The normalized spacial score (nSPS) is 12.2. The largest absolute Gasteiger partial charge is 0.462 e. The molecular weight excluding hydrogens is 781 g/mol. The standard InChI is InChI=1S/C57H104O6/c1-4-7-10-13-16-19-22-24-26-28-30-32-35-38-41-44-47-50-56(59)62-53-54(52-61-55(58)49-46-43-40-37-34-21-18-15-12-9-6-3)63-57(60)51-48-45-42-39-36-33-31-29-27-25-23-20-17-14-11-8-5-2/h15,18,24-27,54H,4-14,16-17,19-23,28-53H2,1-3H3/b18-15-,26-24-,27-25-/t54-/m0/s1. The van der Waals surface area contributed by atoms with E-state index in [1.165, 1.54) is 186 Å². The number of rotatable bonds is 50. The predicted molar refractivity (Wildman–Crippen MR) is 270 cm³/mol. The summed E-state index contributed by atoms with van der Waals surface area (Å²) in [6.45, 7) is 6.60. The molecule has 63 heavy (non-hydrogen) atoms. The molecule has 368 valence electrons. The van der Waals surface area contributed by atoms with Gasteiger partial charge < -0.3 is 14.2 Å². The van der Waals surface area contributed by atoms with Crippen LogP contribution in [0.5, 0.6) is 0 Å². The first-order valence-corrected chi connectivity index (χ1v) is 27.5. The average Bonchev–Trinajstić information content (AvgIpc) is 3.28. The molecule has 0 saturated carbocycles. The molecule has 6 nitrogen and oxygen atoms in total. The van der Waals surface area contributed by atoms with Crippen molar-refractivity contribution >= 4 is 17.9 Å². The zero-order chi connectivity index (χ0) is 45.8. The van der Waals surface area contributed by atoms with Crippen LogP contribution in [-0.2, 0) is 28.6 Å². The van der Waals surface area contributed by atoms with Crippen LogP contribution in [0.2, 0.25) is 0 Å². The summed E-state index contributed by atoms with van der Waals surface area (Å²) in [6, 6.07) is 0. The quantitative estimate of drug-likeness (QED) is 0.0262. The van der Waals surface area contributed by atoms with Gasteiger partial charge in [0, 0.05) is 19.3 Å². The number of hydrogen-bond donors (Lipinski definition) is 0. The summed E-state index contributed by atoms with van der Waals surface area (Å²) in [5.74, 6) is -0.884. The Balaban J connectivity index is 4.34. The molecular formula is C57H104O6. The molecule has 0 rings (SSSR count). The van der Waals surface area contributed by atoms with E-state index in [1.807, 2.05) is 0 Å². The van der Waals surface area contributed by atoms with Crippen molar-refractivity contribution in [1.82, 2.24) is 0 Å². The second-order valence-electron chi connectivity index (χ2n) is 18.5. The monoisotopic (exact) mass is 885 g/mol. The van der Waals surface area contributed by atoms with E-state index >= 15 is 0 Å². The van der Waals surface area contributed by atoms with Gasteiger partial charge in [-0.3, -0.25) is 14.4 Å². The number of unbranched alkanes of at least 4 members (excludes halogenated alkanes) is 33. The van der Waals surface area contributed by atoms with E-state index in [0.717, 1.165) is 64.2 Å². The smallest absolute Gasteiger partial charge is 0.306 e. The summed E-state index contributed by atoms with van der Waals surface area (Å²) in [5, 5.41) is 0. The van der Waals surface area contributed by atoms with Crippen molar-refractivity contribution < 1.29 is 28.6 Å². The molecule has 0 spiro atoms. The molecule has 0 aromatic rings. The third-order valence-corrected chi connectivity index (χ3v) is 12.1. The van der Waals surface area contributed by atoms with Crippen LogP contribution in [0.1, 0.15) is 290 Å². The highest BCUT2D eigenvalue weighted by atomic mass is 16.6. The van der Waals surface area contributed by atoms with Gasteiger partial charge >= 0.3 is 17.9 Å². The topological polar surface area (TPSA) is 78.9 Å². The number of hydrogen-bond acceptors (Lipinski definition) is 6. The Bertz CT molecular complexity index is 1060. The first-order chi connectivity index (χ1) is 31.0. The molecule has 0 amide bonds. The number of carbonyl (C=O) groups excluding carboxylic acids is 3. The van der Waals surface area contributed by atoms with E-state index in [0.29, 0.717) is 19.3 Å². The minimum absolute atomic E-state index is 0.0770. The summed E-state index contributed by atoms with van der Waals surface area (Å²) in [6.07, 6.45) is 61.3. The van der Waals surface area contributed by atoms with Gasteiger partial charge in [0.25, 0.3) is 0 Å². The lowest BCUT2D eigenvalue weighted by atomic mass is 10.1. The van der Waals surface area contributed by atoms with Gasteiger partial charge in [-0.1, -0.05) is 218 Å². The Labute approximate surface area is 391 Å². The van der Waals surface area contributed by atoms with Crippen LogP contribution in [0.25, 0.3) is 0 Å². The molecule has 0 saturated heterocycles. The molecule has 0 radical (unpaired) electrons. The van der Waals surface area contributed by atoms with Crippen LogP contribution >= 0.6 is 0 Å². The van der Waals surface area contributed by atoms with Crippen molar-refractivity contribution in [2.24, 2.45) is 0 Å². The van der Waals surface area contributed by atoms with Crippen molar-refractivity contribution in [2.45, 2.75) is 297 Å². The minimum Gasteiger partial charge on any atom is -0.462 e.